The van der Waals surface area contributed by atoms with Gasteiger partial charge in [0, 0.05) is 0 Å². The molecule has 0 aliphatic heterocycles. The summed E-state index contributed by atoms with van der Waals surface area (Å²) in [6, 6.07) is 0. The number of hydrogen-bond acceptors (Lipinski definition) is 6. The van der Waals surface area contributed by atoms with Gasteiger partial charge in [0.05, 0.1) is 0 Å². The summed E-state index contributed by atoms with van der Waals surface area (Å²) in [4.78, 5) is 29.5. The Bertz CT molecular complexity index is 834. The van der Waals surface area contributed by atoms with Crippen molar-refractivity contribution >= 4 is 43.6 Å². The summed E-state index contributed by atoms with van der Waals surface area (Å²) in [5.41, 5.74) is 0. The third kappa shape index (κ3) is 20.2. The van der Waals surface area contributed by atoms with Crippen molar-refractivity contribution in [2.24, 2.45) is 0 Å². The second-order valence-electron chi connectivity index (χ2n) is 5.61. The second-order valence-corrected chi connectivity index (χ2v) is 5.61. The molecule has 230 valence electrons. The van der Waals surface area contributed by atoms with E-state index in [1.54, 1.807) is 0 Å². The van der Waals surface area contributed by atoms with E-state index in [1.165, 1.54) is 0 Å². The number of carbonyl (C=O) groups is 3. The van der Waals surface area contributed by atoms with E-state index in [-0.39, 0.29) is 26.2 Å². The fraction of sp³-hybridized carbons (Fsp3) is 0.400. The molecule has 0 atom stereocenters. The van der Waals surface area contributed by atoms with Crippen molar-refractivity contribution in [3.8, 4) is 0 Å². The molecule has 0 unspecified atom stereocenters. The number of alkyl halides is 18. The number of allylic oxidation sites excluding steroid dienone is 6. The summed E-state index contributed by atoms with van der Waals surface area (Å²) in [5, 5.41) is 29.5. The van der Waals surface area contributed by atoms with Crippen LogP contribution in [0.15, 0.2) is 35.5 Å². The summed E-state index contributed by atoms with van der Waals surface area (Å²) in [6.45, 7) is 0. The van der Waals surface area contributed by atoms with Crippen LogP contribution in [0, 0.1) is 0 Å². The number of hydrogen-bond donors (Lipinski definition) is 0. The molecule has 0 fully saturated rings. The summed E-state index contributed by atoms with van der Waals surface area (Å²) in [6.07, 6.45) is -35.8. The zero-order valence-electron chi connectivity index (χ0n) is 17.4. The molecule has 40 heavy (non-hydrogen) atoms. The van der Waals surface area contributed by atoms with Crippen LogP contribution < -0.4 is 15.3 Å². The van der Waals surface area contributed by atoms with Crippen molar-refractivity contribution in [1.29, 1.82) is 0 Å². The van der Waals surface area contributed by atoms with Crippen molar-refractivity contribution in [1.82, 2.24) is 0 Å². The van der Waals surface area contributed by atoms with Gasteiger partial charge in [-0.2, -0.15) is 79.0 Å². The Morgan fingerprint density at radius 1 is 0.350 bits per heavy atom. The second kappa shape index (κ2) is 15.3. The van der Waals surface area contributed by atoms with Crippen LogP contribution in [0.2, 0.25) is 0 Å². The first-order chi connectivity index (χ1) is 16.6. The number of halogens is 18. The summed E-state index contributed by atoms with van der Waals surface area (Å²) in [5.74, 6) is -16.9. The molecule has 0 aromatic rings. The molecule has 0 saturated heterocycles. The van der Waals surface area contributed by atoms with Gasteiger partial charge in [-0.05, 0) is 35.5 Å². The van der Waals surface area contributed by atoms with E-state index in [2.05, 4.69) is 0 Å². The molecule has 0 N–H and O–H groups in total. The van der Waals surface area contributed by atoms with Gasteiger partial charge in [-0.15, -0.1) is 0 Å². The van der Waals surface area contributed by atoms with E-state index in [4.69, 9.17) is 0 Å². The molecule has 0 aliphatic rings. The van der Waals surface area contributed by atoms with Gasteiger partial charge in [0.2, 0.25) is 0 Å². The van der Waals surface area contributed by atoms with Crippen LogP contribution in [0.1, 0.15) is 0 Å². The Labute approximate surface area is 225 Å². The number of ketones is 3. The molecule has 0 aromatic heterocycles. The number of rotatable bonds is 3. The molecule has 25 heteroatoms. The van der Waals surface area contributed by atoms with Gasteiger partial charge < -0.3 is 15.3 Å². The average molecular weight is 830 g/mol. The first-order valence-electron chi connectivity index (χ1n) is 7.86. The van der Waals surface area contributed by atoms with Gasteiger partial charge in [0.1, 0.15) is 0 Å². The monoisotopic (exact) mass is 830 g/mol. The van der Waals surface area contributed by atoms with Crippen molar-refractivity contribution in [2.45, 2.75) is 37.1 Å². The molecule has 6 nitrogen and oxygen atoms in total. The average Bonchev–Trinajstić information content (AvgIpc) is 2.64. The maximum absolute atomic E-state index is 11.3. The maximum atomic E-state index is 11.3. The minimum atomic E-state index is -5.46. The van der Waals surface area contributed by atoms with Crippen molar-refractivity contribution in [3.63, 3.8) is 0 Å². The molecule has 0 heterocycles. The topological polar surface area (TPSA) is 120 Å². The fourth-order valence-electron chi connectivity index (χ4n) is 0.848. The molecule has 0 rings (SSSR count). The predicted molar refractivity (Wildman–Crippen MR) is 81.4 cm³/mol. The molecule has 0 aromatic carbocycles. The SMILES string of the molecule is O=C(/C=C(\[O-])C(F)(F)F)C(F)(F)F.O=C(/C=C(\[O-])C(F)(F)F)C(F)(F)F.O=C(/C=C(\[O-])C(F)(F)F)C(F)(F)F.[Bi+3]. The van der Waals surface area contributed by atoms with Crippen LogP contribution in [-0.2, 0) is 14.4 Å². The zero-order chi connectivity index (χ0) is 32.6. The minimum Gasteiger partial charge on any atom is -0.869 e. The van der Waals surface area contributed by atoms with E-state index in [9.17, 15) is 109 Å². The van der Waals surface area contributed by atoms with Crippen LogP contribution in [0.25, 0.3) is 0 Å². The Kier molecular flexibility index (Phi) is 16.9. The van der Waals surface area contributed by atoms with Crippen LogP contribution >= 0.6 is 0 Å². The van der Waals surface area contributed by atoms with Crippen LogP contribution in [0.5, 0.6) is 0 Å². The molecule has 0 saturated carbocycles. The number of carbonyl (C=O) groups excluding carboxylic acids is 3. The van der Waals surface area contributed by atoms with Gasteiger partial charge in [0.25, 0.3) is 17.3 Å². The first kappa shape index (κ1) is 44.3. The molecular weight excluding hydrogens is 827 g/mol. The largest absolute Gasteiger partial charge is 3.00 e. The Balaban J connectivity index is -0.000000240. The van der Waals surface area contributed by atoms with Crippen LogP contribution in [-0.4, -0.2) is 80.6 Å². The van der Waals surface area contributed by atoms with Crippen molar-refractivity contribution in [3.05, 3.63) is 35.5 Å². The summed E-state index contributed by atoms with van der Waals surface area (Å²) in [7, 11) is 0. The van der Waals surface area contributed by atoms with E-state index in [0.717, 1.165) is 0 Å². The molecule has 0 bridgehead atoms. The Morgan fingerprint density at radius 2 is 0.475 bits per heavy atom. The fourth-order valence-corrected chi connectivity index (χ4v) is 0.848. The van der Waals surface area contributed by atoms with Gasteiger partial charge in [-0.25, -0.2) is 0 Å². The maximum Gasteiger partial charge on any atom is 3.00 e. The Hall–Kier alpha value is -2.75. The minimum absolute atomic E-state index is 0. The van der Waals surface area contributed by atoms with Crippen molar-refractivity contribution in [2.75, 3.05) is 0 Å². The normalized spacial score (nSPS) is 14.1. The summed E-state index contributed by atoms with van der Waals surface area (Å²) < 4.78 is 203. The van der Waals surface area contributed by atoms with E-state index in [1.807, 2.05) is 0 Å². The van der Waals surface area contributed by atoms with Gasteiger partial charge >= 0.3 is 63.3 Å². The molecule has 0 aliphatic carbocycles. The smallest absolute Gasteiger partial charge is 0.869 e. The van der Waals surface area contributed by atoms with Crippen LogP contribution in [0.3, 0.4) is 0 Å². The van der Waals surface area contributed by atoms with E-state index >= 15 is 0 Å². The predicted octanol–water partition coefficient (Wildman–Crippen LogP) is 2.39. The van der Waals surface area contributed by atoms with Gasteiger partial charge in [-0.1, -0.05) is 0 Å². The molecule has 0 spiro atoms. The van der Waals surface area contributed by atoms with Gasteiger partial charge in [-0.3, -0.25) is 14.4 Å². The van der Waals surface area contributed by atoms with Gasteiger partial charge in [0.15, 0.2) is 0 Å². The molecule has 0 amide bonds. The van der Waals surface area contributed by atoms with Crippen molar-refractivity contribution < 1.29 is 109 Å². The summed E-state index contributed by atoms with van der Waals surface area (Å²) >= 11 is 0. The third-order valence-electron chi connectivity index (χ3n) is 2.46. The third-order valence-corrected chi connectivity index (χ3v) is 2.46. The van der Waals surface area contributed by atoms with E-state index < -0.39 is 89.9 Å². The quantitative estimate of drug-likeness (QED) is 0.187. The Morgan fingerprint density at radius 3 is 0.550 bits per heavy atom. The first-order valence-corrected chi connectivity index (χ1v) is 7.86. The van der Waals surface area contributed by atoms with Crippen LogP contribution in [0.4, 0.5) is 79.0 Å². The molecule has 2 radical (unpaired) electrons. The standard InChI is InChI=1S/3C5H2F6O2.Bi/c3*6-4(7,8)2(12)1-3(13)5(9,10)11;/h3*1,12H;/q;;;+3/p-3/b3*2-1-;. The molecular formula is C15H3BiF18O6. The van der Waals surface area contributed by atoms with E-state index in [0.29, 0.717) is 0 Å². The zero-order valence-corrected chi connectivity index (χ0v) is 20.9.